The third kappa shape index (κ3) is 4.50. The van der Waals surface area contributed by atoms with Crippen LogP contribution in [-0.2, 0) is 19.1 Å². The van der Waals surface area contributed by atoms with Crippen LogP contribution < -0.4 is 14.5 Å². The maximum absolute atomic E-state index is 13.2. The van der Waals surface area contributed by atoms with Crippen LogP contribution in [0.5, 0.6) is 11.5 Å². The molecule has 3 aromatic carbocycles. The molecular formula is C27H26N2O6. The van der Waals surface area contributed by atoms with Crippen molar-refractivity contribution < 1.29 is 28.9 Å². The van der Waals surface area contributed by atoms with Gasteiger partial charge in [0.2, 0.25) is 0 Å². The fraction of sp³-hybridized carbons (Fsp3) is 0.185. The zero-order chi connectivity index (χ0) is 24.9. The Morgan fingerprint density at radius 1 is 0.829 bits per heavy atom. The molecule has 8 heteroatoms. The van der Waals surface area contributed by atoms with Crippen LogP contribution in [0.1, 0.15) is 11.7 Å². The third-order valence-electron chi connectivity index (χ3n) is 5.83. The van der Waals surface area contributed by atoms with Crippen molar-refractivity contribution in [2.75, 3.05) is 37.7 Å². The lowest BCUT2D eigenvalue weighted by Crippen LogP contribution is -2.50. The predicted molar refractivity (Wildman–Crippen MR) is 131 cm³/mol. The SMILES string of the molecule is COC(=O)C1=C(C(=O)OC)N(c2ccccc2)C(c2ccc(O)c(OC)c2)N(c2ccccc2)C1. The quantitative estimate of drug-likeness (QED) is 0.536. The number of hydrogen-bond donors (Lipinski definition) is 1. The number of methoxy groups -OCH3 is 3. The topological polar surface area (TPSA) is 88.5 Å². The highest BCUT2D eigenvalue weighted by Gasteiger charge is 2.42. The van der Waals surface area contributed by atoms with Crippen molar-refractivity contribution in [1.29, 1.82) is 0 Å². The van der Waals surface area contributed by atoms with Gasteiger partial charge in [-0.2, -0.15) is 0 Å². The first kappa shape index (κ1) is 23.7. The molecule has 0 spiro atoms. The van der Waals surface area contributed by atoms with E-state index in [1.54, 1.807) is 17.0 Å². The van der Waals surface area contributed by atoms with Crippen LogP contribution in [0, 0.1) is 0 Å². The van der Waals surface area contributed by atoms with Gasteiger partial charge in [0.05, 0.1) is 33.4 Å². The van der Waals surface area contributed by atoms with Crippen molar-refractivity contribution in [2.24, 2.45) is 0 Å². The number of ether oxygens (including phenoxy) is 3. The van der Waals surface area contributed by atoms with Crippen LogP contribution in [0.3, 0.4) is 0 Å². The first-order valence-electron chi connectivity index (χ1n) is 10.9. The number of esters is 2. The van der Waals surface area contributed by atoms with Gasteiger partial charge in [-0.1, -0.05) is 42.5 Å². The van der Waals surface area contributed by atoms with Crippen molar-refractivity contribution in [2.45, 2.75) is 6.17 Å². The van der Waals surface area contributed by atoms with E-state index in [1.807, 2.05) is 65.6 Å². The van der Waals surface area contributed by atoms with E-state index in [2.05, 4.69) is 0 Å². The highest BCUT2D eigenvalue weighted by Crippen LogP contribution is 2.43. The summed E-state index contributed by atoms with van der Waals surface area (Å²) in [6, 6.07) is 23.8. The molecule has 0 radical (unpaired) electrons. The van der Waals surface area contributed by atoms with Crippen molar-refractivity contribution in [3.63, 3.8) is 0 Å². The Morgan fingerprint density at radius 3 is 2.00 bits per heavy atom. The lowest BCUT2D eigenvalue weighted by molar-refractivity contribution is -0.139. The van der Waals surface area contributed by atoms with E-state index >= 15 is 0 Å². The minimum atomic E-state index is -0.669. The summed E-state index contributed by atoms with van der Waals surface area (Å²) >= 11 is 0. The number of rotatable bonds is 6. The van der Waals surface area contributed by atoms with Crippen molar-refractivity contribution >= 4 is 23.3 Å². The predicted octanol–water partition coefficient (Wildman–Crippen LogP) is 4.03. The lowest BCUT2D eigenvalue weighted by Gasteiger charge is -2.47. The van der Waals surface area contributed by atoms with E-state index in [0.29, 0.717) is 5.69 Å². The number of para-hydroxylation sites is 2. The van der Waals surface area contributed by atoms with Crippen molar-refractivity contribution in [3.05, 3.63) is 95.7 Å². The molecule has 1 aliphatic heterocycles. The second kappa shape index (κ2) is 10.2. The first-order chi connectivity index (χ1) is 17.0. The maximum atomic E-state index is 13.2. The van der Waals surface area contributed by atoms with E-state index < -0.39 is 18.1 Å². The number of nitrogens with zero attached hydrogens (tertiary/aromatic N) is 2. The van der Waals surface area contributed by atoms with Gasteiger partial charge < -0.3 is 29.1 Å². The van der Waals surface area contributed by atoms with E-state index in [-0.39, 0.29) is 29.3 Å². The molecule has 1 unspecified atom stereocenters. The molecule has 0 fully saturated rings. The molecule has 1 aliphatic rings. The van der Waals surface area contributed by atoms with Crippen LogP contribution in [0.25, 0.3) is 0 Å². The van der Waals surface area contributed by atoms with Crippen LogP contribution in [0.4, 0.5) is 11.4 Å². The zero-order valence-corrected chi connectivity index (χ0v) is 19.7. The Kier molecular flexibility index (Phi) is 6.91. The van der Waals surface area contributed by atoms with Gasteiger partial charge in [-0.05, 0) is 42.0 Å². The van der Waals surface area contributed by atoms with Gasteiger partial charge in [0.1, 0.15) is 11.9 Å². The number of carbonyl (C=O) groups excluding carboxylic acids is 2. The highest BCUT2D eigenvalue weighted by atomic mass is 16.5. The van der Waals surface area contributed by atoms with Gasteiger partial charge in [0, 0.05) is 11.4 Å². The Hall–Kier alpha value is -4.46. The third-order valence-corrected chi connectivity index (χ3v) is 5.83. The molecule has 0 saturated heterocycles. The van der Waals surface area contributed by atoms with Crippen LogP contribution in [-0.4, -0.2) is 44.9 Å². The number of phenols is 1. The summed E-state index contributed by atoms with van der Waals surface area (Å²) in [6.45, 7) is 0.0817. The first-order valence-corrected chi connectivity index (χ1v) is 10.9. The van der Waals surface area contributed by atoms with E-state index in [0.717, 1.165) is 11.3 Å². The van der Waals surface area contributed by atoms with Crippen molar-refractivity contribution in [1.82, 2.24) is 0 Å². The van der Waals surface area contributed by atoms with Gasteiger partial charge in [-0.15, -0.1) is 0 Å². The van der Waals surface area contributed by atoms with Gasteiger partial charge in [-0.25, -0.2) is 9.59 Å². The molecular weight excluding hydrogens is 448 g/mol. The molecule has 8 nitrogen and oxygen atoms in total. The summed E-state index contributed by atoms with van der Waals surface area (Å²) in [6.07, 6.45) is -0.600. The fourth-order valence-electron chi connectivity index (χ4n) is 4.24. The summed E-state index contributed by atoms with van der Waals surface area (Å²) in [7, 11) is 4.02. The highest BCUT2D eigenvalue weighted by molar-refractivity contribution is 6.04. The molecule has 1 N–H and O–H groups in total. The largest absolute Gasteiger partial charge is 0.504 e. The minimum Gasteiger partial charge on any atom is -0.504 e. The number of benzene rings is 3. The fourth-order valence-corrected chi connectivity index (χ4v) is 4.24. The molecule has 1 heterocycles. The number of anilines is 2. The maximum Gasteiger partial charge on any atom is 0.355 e. The number of carbonyl (C=O) groups is 2. The van der Waals surface area contributed by atoms with Crippen molar-refractivity contribution in [3.8, 4) is 11.5 Å². The second-order valence-electron chi connectivity index (χ2n) is 7.78. The average Bonchev–Trinajstić information content (AvgIpc) is 2.92. The Balaban J connectivity index is 2.05. The van der Waals surface area contributed by atoms with Gasteiger partial charge >= 0.3 is 11.9 Å². The Morgan fingerprint density at radius 2 is 1.43 bits per heavy atom. The number of hydrogen-bond acceptors (Lipinski definition) is 8. The summed E-state index contributed by atoms with van der Waals surface area (Å²) in [5.74, 6) is -1.03. The molecule has 0 aromatic heterocycles. The molecule has 1 atom stereocenters. The summed E-state index contributed by atoms with van der Waals surface area (Å²) < 4.78 is 15.6. The molecule has 0 saturated carbocycles. The average molecular weight is 475 g/mol. The zero-order valence-electron chi connectivity index (χ0n) is 19.7. The van der Waals surface area contributed by atoms with Crippen LogP contribution in [0.2, 0.25) is 0 Å². The van der Waals surface area contributed by atoms with Crippen LogP contribution >= 0.6 is 0 Å². The number of phenolic OH excluding ortho intramolecular Hbond substituents is 1. The Bertz CT molecular complexity index is 1240. The monoisotopic (exact) mass is 474 g/mol. The van der Waals surface area contributed by atoms with E-state index in [4.69, 9.17) is 14.2 Å². The van der Waals surface area contributed by atoms with E-state index in [9.17, 15) is 14.7 Å². The molecule has 0 amide bonds. The standard InChI is InChI=1S/C27H26N2O6/c1-33-23-16-18(14-15-22(23)30)25-28(19-10-6-4-7-11-19)17-21(26(31)34-2)24(27(32)35-3)29(25)20-12-8-5-9-13-20/h4-16,25,30H,17H2,1-3H3. The minimum absolute atomic E-state index is 0.0106. The molecule has 3 aromatic rings. The summed E-state index contributed by atoms with van der Waals surface area (Å²) in [4.78, 5) is 29.8. The summed E-state index contributed by atoms with van der Waals surface area (Å²) in [5, 5.41) is 10.2. The smallest absolute Gasteiger partial charge is 0.355 e. The second-order valence-corrected chi connectivity index (χ2v) is 7.78. The molecule has 35 heavy (non-hydrogen) atoms. The van der Waals surface area contributed by atoms with Crippen LogP contribution in [0.15, 0.2) is 90.1 Å². The Labute approximate surface area is 203 Å². The molecule has 0 aliphatic carbocycles. The van der Waals surface area contributed by atoms with Gasteiger partial charge in [-0.3, -0.25) is 0 Å². The van der Waals surface area contributed by atoms with Gasteiger partial charge in [0.25, 0.3) is 0 Å². The summed E-state index contributed by atoms with van der Waals surface area (Å²) in [5.41, 5.74) is 2.43. The molecule has 4 rings (SSSR count). The lowest BCUT2D eigenvalue weighted by atomic mass is 9.99. The van der Waals surface area contributed by atoms with Gasteiger partial charge in [0.15, 0.2) is 11.5 Å². The van der Waals surface area contributed by atoms with E-state index in [1.165, 1.54) is 27.4 Å². The molecule has 0 bridgehead atoms. The molecule has 180 valence electrons. The normalized spacial score (nSPS) is 15.6. The number of aromatic hydroxyl groups is 1.